The summed E-state index contributed by atoms with van der Waals surface area (Å²) in [6, 6.07) is 1.58. The zero-order valence-electron chi connectivity index (χ0n) is 11.6. The molecule has 0 radical (unpaired) electrons. The fourth-order valence-corrected chi connectivity index (χ4v) is 3.71. The molecular formula is C12H18F2N2O4S. The van der Waals surface area contributed by atoms with Crippen molar-refractivity contribution in [1.29, 1.82) is 0 Å². The lowest BCUT2D eigenvalue weighted by Gasteiger charge is -2.27. The smallest absolute Gasteiger partial charge is 0.248 e. The minimum Gasteiger partial charge on any atom is -0.377 e. The number of rotatable bonds is 6. The molecule has 2 rings (SSSR count). The molecule has 1 saturated carbocycles. The average molecular weight is 324 g/mol. The largest absolute Gasteiger partial charge is 0.377 e. The van der Waals surface area contributed by atoms with Gasteiger partial charge in [-0.25, -0.2) is 21.9 Å². The molecule has 1 N–H and O–H groups in total. The fraction of sp³-hybridized carbons (Fsp3) is 0.750. The molecule has 0 bridgehead atoms. The van der Waals surface area contributed by atoms with Gasteiger partial charge in [0, 0.05) is 26.0 Å². The molecule has 1 fully saturated rings. The molecule has 120 valence electrons. The second-order valence-corrected chi connectivity index (χ2v) is 7.18. The summed E-state index contributed by atoms with van der Waals surface area (Å²) in [5.74, 6) is -2.25. The molecule has 0 amide bonds. The Hall–Kier alpha value is -1.06. The van der Waals surface area contributed by atoms with Crippen LogP contribution in [0.2, 0.25) is 0 Å². The third-order valence-electron chi connectivity index (χ3n) is 3.45. The molecule has 9 heteroatoms. The summed E-state index contributed by atoms with van der Waals surface area (Å²) in [5.41, 5.74) is 0.423. The topological polar surface area (TPSA) is 81.4 Å². The van der Waals surface area contributed by atoms with Gasteiger partial charge in [0.15, 0.2) is 5.76 Å². The van der Waals surface area contributed by atoms with Crippen molar-refractivity contribution in [1.82, 2.24) is 9.88 Å². The number of methoxy groups -OCH3 is 1. The third-order valence-corrected chi connectivity index (χ3v) is 5.35. The van der Waals surface area contributed by atoms with Gasteiger partial charge in [0.25, 0.3) is 0 Å². The number of alkyl halides is 2. The van der Waals surface area contributed by atoms with Gasteiger partial charge in [-0.2, -0.15) is 0 Å². The van der Waals surface area contributed by atoms with Gasteiger partial charge in [-0.3, -0.25) is 0 Å². The van der Waals surface area contributed by atoms with Gasteiger partial charge in [0.1, 0.15) is 6.61 Å². The van der Waals surface area contributed by atoms with Crippen molar-refractivity contribution in [3.05, 3.63) is 17.5 Å². The van der Waals surface area contributed by atoms with Crippen LogP contribution in [-0.2, 0) is 27.9 Å². The van der Waals surface area contributed by atoms with Gasteiger partial charge in [-0.1, -0.05) is 5.16 Å². The number of aromatic nitrogens is 1. The van der Waals surface area contributed by atoms with Crippen LogP contribution in [0.3, 0.4) is 0 Å². The molecule has 0 spiro atoms. The van der Waals surface area contributed by atoms with Crippen molar-refractivity contribution in [3.63, 3.8) is 0 Å². The van der Waals surface area contributed by atoms with E-state index in [1.54, 1.807) is 6.07 Å². The van der Waals surface area contributed by atoms with Crippen LogP contribution < -0.4 is 4.72 Å². The van der Waals surface area contributed by atoms with Crippen LogP contribution in [0.5, 0.6) is 0 Å². The second-order valence-electron chi connectivity index (χ2n) is 5.14. The van der Waals surface area contributed by atoms with Gasteiger partial charge in [-0.05, 0) is 12.8 Å². The van der Waals surface area contributed by atoms with E-state index >= 15 is 0 Å². The summed E-state index contributed by atoms with van der Waals surface area (Å²) in [6.45, 7) is 0.222. The number of nitrogens with one attached hydrogen (secondary N) is 1. The van der Waals surface area contributed by atoms with E-state index in [9.17, 15) is 17.2 Å². The number of ether oxygens (including phenoxy) is 1. The Morgan fingerprint density at radius 1 is 1.48 bits per heavy atom. The number of sulfonamides is 1. The zero-order chi connectivity index (χ0) is 15.5. The van der Waals surface area contributed by atoms with Crippen molar-refractivity contribution < 1.29 is 26.5 Å². The van der Waals surface area contributed by atoms with E-state index in [1.807, 2.05) is 0 Å². The monoisotopic (exact) mass is 324 g/mol. The van der Waals surface area contributed by atoms with E-state index in [-0.39, 0.29) is 38.8 Å². The van der Waals surface area contributed by atoms with Crippen molar-refractivity contribution in [3.8, 4) is 0 Å². The predicted molar refractivity (Wildman–Crippen MR) is 70.2 cm³/mol. The highest BCUT2D eigenvalue weighted by atomic mass is 32.2. The second kappa shape index (κ2) is 6.37. The lowest BCUT2D eigenvalue weighted by molar-refractivity contribution is -0.0329. The molecule has 0 aliphatic heterocycles. The van der Waals surface area contributed by atoms with Crippen LogP contribution >= 0.6 is 0 Å². The molecule has 1 aliphatic rings. The molecule has 1 aromatic heterocycles. The molecule has 21 heavy (non-hydrogen) atoms. The highest BCUT2D eigenvalue weighted by molar-refractivity contribution is 7.90. The quantitative estimate of drug-likeness (QED) is 0.863. The first kappa shape index (κ1) is 16.3. The fourth-order valence-electron chi connectivity index (χ4n) is 2.27. The maximum Gasteiger partial charge on any atom is 0.248 e. The third kappa shape index (κ3) is 4.45. The van der Waals surface area contributed by atoms with Gasteiger partial charge in [0.05, 0.1) is 17.5 Å². The Bertz CT molecular complexity index is 564. The number of hydrogen-bond acceptors (Lipinski definition) is 5. The molecule has 0 unspecified atom stereocenters. The van der Waals surface area contributed by atoms with Crippen LogP contribution in [0.25, 0.3) is 0 Å². The minimum absolute atomic E-state index is 0.0254. The maximum absolute atomic E-state index is 13.0. The Morgan fingerprint density at radius 2 is 2.14 bits per heavy atom. The van der Waals surface area contributed by atoms with Crippen LogP contribution in [0.1, 0.15) is 37.1 Å². The number of nitrogens with zero attached hydrogens (tertiary/aromatic N) is 1. The van der Waals surface area contributed by atoms with E-state index in [0.29, 0.717) is 11.5 Å². The number of halogens is 2. The summed E-state index contributed by atoms with van der Waals surface area (Å²) < 4.78 is 62.4. The van der Waals surface area contributed by atoms with Crippen LogP contribution in [0.4, 0.5) is 8.78 Å². The van der Waals surface area contributed by atoms with E-state index in [1.165, 1.54) is 7.11 Å². The molecule has 1 aliphatic carbocycles. The first-order valence-corrected chi connectivity index (χ1v) is 8.17. The zero-order valence-corrected chi connectivity index (χ0v) is 12.5. The highest BCUT2D eigenvalue weighted by Gasteiger charge is 2.39. The van der Waals surface area contributed by atoms with Crippen molar-refractivity contribution >= 4 is 10.0 Å². The summed E-state index contributed by atoms with van der Waals surface area (Å²) in [5, 5.41) is 2.93. The molecule has 6 nitrogen and oxygen atoms in total. The molecule has 0 saturated heterocycles. The van der Waals surface area contributed by atoms with Gasteiger partial charge < -0.3 is 9.26 Å². The maximum atomic E-state index is 13.0. The molecule has 0 aromatic carbocycles. The molecule has 1 heterocycles. The first-order valence-electron chi connectivity index (χ1n) is 6.62. The molecule has 1 aromatic rings. The Morgan fingerprint density at radius 3 is 2.76 bits per heavy atom. The Labute approximate surface area is 121 Å². The van der Waals surface area contributed by atoms with Gasteiger partial charge in [0.2, 0.25) is 15.9 Å². The first-order chi connectivity index (χ1) is 9.82. The van der Waals surface area contributed by atoms with E-state index in [2.05, 4.69) is 9.88 Å². The van der Waals surface area contributed by atoms with E-state index in [0.717, 1.165) is 0 Å². The summed E-state index contributed by atoms with van der Waals surface area (Å²) in [4.78, 5) is 0. The summed E-state index contributed by atoms with van der Waals surface area (Å²) >= 11 is 0. The van der Waals surface area contributed by atoms with Crippen LogP contribution in [0.15, 0.2) is 10.6 Å². The lowest BCUT2D eigenvalue weighted by Crippen LogP contribution is -2.39. The van der Waals surface area contributed by atoms with Gasteiger partial charge in [-0.15, -0.1) is 0 Å². The molecule has 0 atom stereocenters. The van der Waals surface area contributed by atoms with Crippen molar-refractivity contribution in [2.75, 3.05) is 7.11 Å². The lowest BCUT2D eigenvalue weighted by atomic mass is 9.96. The summed E-state index contributed by atoms with van der Waals surface area (Å²) in [7, 11) is -2.13. The molecular weight excluding hydrogens is 306 g/mol. The average Bonchev–Trinajstić information content (AvgIpc) is 2.84. The SMILES string of the molecule is COCc1cc(CNS(=O)(=O)C2CCC(F)(F)CC2)no1. The Kier molecular flexibility index (Phi) is 4.95. The van der Waals surface area contributed by atoms with E-state index < -0.39 is 21.2 Å². The van der Waals surface area contributed by atoms with Crippen LogP contribution in [0, 0.1) is 0 Å². The van der Waals surface area contributed by atoms with Gasteiger partial charge >= 0.3 is 0 Å². The highest BCUT2D eigenvalue weighted by Crippen LogP contribution is 2.35. The summed E-state index contributed by atoms with van der Waals surface area (Å²) in [6.07, 6.45) is -0.840. The van der Waals surface area contributed by atoms with E-state index in [4.69, 9.17) is 9.26 Å². The number of hydrogen-bond donors (Lipinski definition) is 1. The van der Waals surface area contributed by atoms with Crippen molar-refractivity contribution in [2.24, 2.45) is 0 Å². The Balaban J connectivity index is 1.89. The standard InChI is InChI=1S/C12H18F2N2O4S/c1-19-8-10-6-9(16-20-10)7-15-21(17,18)11-2-4-12(13,14)5-3-11/h6,11,15H,2-5,7-8H2,1H3. The van der Waals surface area contributed by atoms with Crippen LogP contribution in [-0.4, -0.2) is 31.9 Å². The minimum atomic E-state index is -3.63. The normalized spacial score (nSPS) is 19.8. The predicted octanol–water partition coefficient (Wildman–Crippen LogP) is 1.82. The van der Waals surface area contributed by atoms with Crippen molar-refractivity contribution in [2.45, 2.75) is 50.0 Å².